The number of aliphatic hydroxyl groups is 3. The van der Waals surface area contributed by atoms with Gasteiger partial charge in [-0.1, -0.05) is 170 Å². The van der Waals surface area contributed by atoms with E-state index in [1.165, 1.54) is 83.5 Å². The van der Waals surface area contributed by atoms with Crippen molar-refractivity contribution in [1.29, 1.82) is 0 Å². The van der Waals surface area contributed by atoms with Crippen molar-refractivity contribution < 1.29 is 56.8 Å². The molecule has 0 radical (unpaired) electrons. The summed E-state index contributed by atoms with van der Waals surface area (Å²) in [5.41, 5.74) is 0. The molecule has 0 spiro atoms. The van der Waals surface area contributed by atoms with E-state index in [-0.39, 0.29) is 19.4 Å². The molecule has 13 heteroatoms. The molecule has 66 heavy (non-hydrogen) atoms. The van der Waals surface area contributed by atoms with Gasteiger partial charge in [0.05, 0.1) is 6.61 Å². The van der Waals surface area contributed by atoms with E-state index in [0.717, 1.165) is 44.9 Å². The first-order valence-electron chi connectivity index (χ1n) is 25.1. The maximum absolute atomic E-state index is 12.8. The fourth-order valence-electron chi connectivity index (χ4n) is 7.04. The van der Waals surface area contributed by atoms with Gasteiger partial charge in [0.2, 0.25) is 0 Å². The molecular weight excluding hydrogens is 861 g/mol. The van der Waals surface area contributed by atoms with Crippen LogP contribution in [0.4, 0.5) is 0 Å². The first-order chi connectivity index (χ1) is 32.0. The van der Waals surface area contributed by atoms with Crippen molar-refractivity contribution >= 4 is 22.1 Å². The van der Waals surface area contributed by atoms with E-state index in [9.17, 15) is 37.9 Å². The molecule has 0 amide bonds. The van der Waals surface area contributed by atoms with Crippen molar-refractivity contribution in [2.24, 2.45) is 0 Å². The molecule has 1 saturated heterocycles. The molecule has 0 aromatic rings. The second-order valence-corrected chi connectivity index (χ2v) is 18.6. The summed E-state index contributed by atoms with van der Waals surface area (Å²) < 4.78 is 54.1. The fraction of sp³-hybridized carbons (Fsp3) is 0.698. The van der Waals surface area contributed by atoms with Crippen LogP contribution in [0.1, 0.15) is 181 Å². The van der Waals surface area contributed by atoms with Gasteiger partial charge in [0.15, 0.2) is 12.4 Å². The predicted molar refractivity (Wildman–Crippen MR) is 265 cm³/mol. The first kappa shape index (κ1) is 60.8. The number of allylic oxidation sites excluding steroid dienone is 14. The molecule has 2 unspecified atom stereocenters. The maximum Gasteiger partial charge on any atom is 0.306 e. The third-order valence-electron chi connectivity index (χ3n) is 10.9. The van der Waals surface area contributed by atoms with Gasteiger partial charge in [-0.3, -0.25) is 14.1 Å². The molecule has 1 aliphatic rings. The maximum atomic E-state index is 12.8. The molecule has 1 fully saturated rings. The van der Waals surface area contributed by atoms with Gasteiger partial charge >= 0.3 is 11.9 Å². The number of hydrogen-bond donors (Lipinski definition) is 4. The van der Waals surface area contributed by atoms with E-state index in [2.05, 4.69) is 80.7 Å². The number of carbonyl (C=O) groups excluding carboxylic acids is 2. The number of rotatable bonds is 41. The van der Waals surface area contributed by atoms with Crippen molar-refractivity contribution in [3.8, 4) is 0 Å². The minimum absolute atomic E-state index is 0.0737. The van der Waals surface area contributed by atoms with E-state index < -0.39 is 71.2 Å². The summed E-state index contributed by atoms with van der Waals surface area (Å²) in [6.07, 6.45) is 46.4. The van der Waals surface area contributed by atoms with Crippen LogP contribution in [0.15, 0.2) is 85.1 Å². The molecule has 12 nitrogen and oxygen atoms in total. The van der Waals surface area contributed by atoms with Crippen LogP contribution in [0, 0.1) is 0 Å². The molecule has 378 valence electrons. The second-order valence-electron chi connectivity index (χ2n) is 17.1. The topological polar surface area (TPSA) is 186 Å². The summed E-state index contributed by atoms with van der Waals surface area (Å²) in [4.78, 5) is 25.4. The summed E-state index contributed by atoms with van der Waals surface area (Å²) in [5.74, 6) is -2.13. The third-order valence-corrected chi connectivity index (χ3v) is 11.7. The largest absolute Gasteiger partial charge is 0.462 e. The number of esters is 2. The van der Waals surface area contributed by atoms with E-state index in [0.29, 0.717) is 25.7 Å². The van der Waals surface area contributed by atoms with Gasteiger partial charge in [-0.05, 0) is 83.5 Å². The van der Waals surface area contributed by atoms with Crippen LogP contribution in [-0.4, -0.2) is 96.0 Å². The van der Waals surface area contributed by atoms with E-state index >= 15 is 0 Å². The number of carbonyl (C=O) groups is 2. The normalized spacial score (nSPS) is 20.1. The Morgan fingerprint density at radius 2 is 0.909 bits per heavy atom. The van der Waals surface area contributed by atoms with Crippen LogP contribution in [0.3, 0.4) is 0 Å². The van der Waals surface area contributed by atoms with Gasteiger partial charge in [-0.2, -0.15) is 8.42 Å². The molecule has 0 aliphatic carbocycles. The number of aliphatic hydroxyl groups excluding tert-OH is 3. The molecule has 1 rings (SSSR count). The highest BCUT2D eigenvalue weighted by Gasteiger charge is 2.46. The van der Waals surface area contributed by atoms with Crippen LogP contribution in [0.2, 0.25) is 0 Å². The Hall–Kier alpha value is -3.17. The van der Waals surface area contributed by atoms with Gasteiger partial charge < -0.3 is 34.3 Å². The van der Waals surface area contributed by atoms with Crippen LogP contribution in [-0.2, 0) is 38.7 Å². The summed E-state index contributed by atoms with van der Waals surface area (Å²) in [5, 5.41) is 30.9. The lowest BCUT2D eigenvalue weighted by molar-refractivity contribution is -0.297. The first-order valence-corrected chi connectivity index (χ1v) is 26.8. The van der Waals surface area contributed by atoms with Gasteiger partial charge in [0.25, 0.3) is 10.1 Å². The minimum Gasteiger partial charge on any atom is -0.462 e. The van der Waals surface area contributed by atoms with Gasteiger partial charge in [0.1, 0.15) is 36.8 Å². The Morgan fingerprint density at radius 3 is 1.35 bits per heavy atom. The molecule has 0 aromatic heterocycles. The molecule has 0 saturated carbocycles. The summed E-state index contributed by atoms with van der Waals surface area (Å²) in [6, 6.07) is 0. The lowest BCUT2D eigenvalue weighted by atomic mass is 10.00. The predicted octanol–water partition coefficient (Wildman–Crippen LogP) is 11.2. The fourth-order valence-corrected chi connectivity index (χ4v) is 7.73. The molecule has 1 aliphatic heterocycles. The number of ether oxygens (including phenoxy) is 4. The zero-order chi connectivity index (χ0) is 48.4. The van der Waals surface area contributed by atoms with Crippen molar-refractivity contribution in [2.45, 2.75) is 218 Å². The van der Waals surface area contributed by atoms with Crippen molar-refractivity contribution in [3.63, 3.8) is 0 Å². The zero-order valence-electron chi connectivity index (χ0n) is 40.5. The Labute approximate surface area is 399 Å². The molecule has 6 atom stereocenters. The Morgan fingerprint density at radius 1 is 0.515 bits per heavy atom. The van der Waals surface area contributed by atoms with Gasteiger partial charge in [-0.15, -0.1) is 0 Å². The highest BCUT2D eigenvalue weighted by atomic mass is 32.2. The third kappa shape index (κ3) is 35.9. The van der Waals surface area contributed by atoms with E-state index in [1.807, 2.05) is 18.2 Å². The van der Waals surface area contributed by atoms with E-state index in [4.69, 9.17) is 18.9 Å². The smallest absolute Gasteiger partial charge is 0.306 e. The van der Waals surface area contributed by atoms with Crippen molar-refractivity contribution in [1.82, 2.24) is 0 Å². The Balaban J connectivity index is 2.49. The lowest BCUT2D eigenvalue weighted by Gasteiger charge is -2.40. The van der Waals surface area contributed by atoms with Gasteiger partial charge in [0, 0.05) is 12.8 Å². The van der Waals surface area contributed by atoms with Crippen molar-refractivity contribution in [3.05, 3.63) is 85.1 Å². The second kappa shape index (κ2) is 42.0. The minimum atomic E-state index is -4.62. The molecule has 4 N–H and O–H groups in total. The summed E-state index contributed by atoms with van der Waals surface area (Å²) in [6.45, 7) is 3.66. The Kier molecular flexibility index (Phi) is 38.7. The van der Waals surface area contributed by atoms with Crippen LogP contribution in [0.5, 0.6) is 0 Å². The van der Waals surface area contributed by atoms with Crippen LogP contribution in [0.25, 0.3) is 0 Å². The highest BCUT2D eigenvalue weighted by molar-refractivity contribution is 7.85. The zero-order valence-corrected chi connectivity index (χ0v) is 41.3. The molecular formula is C53H88O12S. The molecule has 0 aromatic carbocycles. The van der Waals surface area contributed by atoms with E-state index in [1.54, 1.807) is 0 Å². The quantitative estimate of drug-likeness (QED) is 0.0197. The number of hydrogen-bond acceptors (Lipinski definition) is 11. The monoisotopic (exact) mass is 949 g/mol. The average molecular weight is 949 g/mol. The highest BCUT2D eigenvalue weighted by Crippen LogP contribution is 2.24. The number of unbranched alkanes of at least 4 members (excludes halogenated alkanes) is 15. The molecule has 0 bridgehead atoms. The summed E-state index contributed by atoms with van der Waals surface area (Å²) >= 11 is 0. The average Bonchev–Trinajstić information content (AvgIpc) is 3.28. The lowest BCUT2D eigenvalue weighted by Crippen LogP contribution is -2.60. The van der Waals surface area contributed by atoms with Gasteiger partial charge in [-0.25, -0.2) is 0 Å². The standard InChI is InChI=1S/C53H88O12S/c1-3-5-7-9-11-13-15-17-19-21-22-23-24-26-28-30-32-34-36-38-40-42-49(55)64-46(44-63-53-52(58)51(57)50(56)47(65-53)45-66(59,60)61)43-62-48(54)41-39-37-35-33-31-29-27-25-20-18-16-14-12-10-8-6-4-2/h18-21,23-24,27-30,33-36,46-47,50-53,56-58H,3-17,22,25-26,31-32,37-45H2,1-2H3,(H,59,60,61)/b20-18+,21-19+,24-23+,29-27+,30-28+,35-33+,36-34+/t46-,47-,50-,51?,52?,53+/m1/s1. The van der Waals surface area contributed by atoms with Crippen LogP contribution < -0.4 is 0 Å². The van der Waals surface area contributed by atoms with Crippen molar-refractivity contribution in [2.75, 3.05) is 19.0 Å². The SMILES string of the molecule is CCCCCCCC/C=C/C/C=C/C/C=C/CCCC(=O)OC[C@H](CO[C@H]1O[C@H](CS(=O)(=O)O)[C@@H](O)C(O)C1O)OC(=O)CCC/C=C/C/C=C/C/C=C/C/C=C/CCCCCCCCC. The van der Waals surface area contributed by atoms with Crippen LogP contribution >= 0.6 is 0 Å². The molecule has 1 heterocycles. The summed E-state index contributed by atoms with van der Waals surface area (Å²) in [7, 11) is -4.62. The Bertz CT molecular complexity index is 1530.